The van der Waals surface area contributed by atoms with Crippen LogP contribution in [0.5, 0.6) is 0 Å². The molecule has 0 saturated carbocycles. The molecular weight excluding hydrogens is 477 g/mol. The Labute approximate surface area is 229 Å². The fourth-order valence-corrected chi connectivity index (χ4v) is 7.26. The number of hydrogen-bond donors (Lipinski definition) is 2. The van der Waals surface area contributed by atoms with Crippen LogP contribution >= 0.6 is 0 Å². The van der Waals surface area contributed by atoms with Gasteiger partial charge in [-0.3, -0.25) is 4.68 Å². The Balaban J connectivity index is 0.00000289. The maximum absolute atomic E-state index is 13.7. The van der Waals surface area contributed by atoms with Crippen molar-refractivity contribution < 1.29 is 17.9 Å². The van der Waals surface area contributed by atoms with Gasteiger partial charge in [-0.25, -0.2) is 13.8 Å². The van der Waals surface area contributed by atoms with Crippen LogP contribution < -0.4 is 14.3 Å². The summed E-state index contributed by atoms with van der Waals surface area (Å²) in [5.74, 6) is 0. The molecule has 186 valence electrons. The minimum absolute atomic E-state index is 0. The van der Waals surface area contributed by atoms with E-state index in [9.17, 15) is 13.2 Å². The second-order valence-corrected chi connectivity index (χ2v) is 11.1. The van der Waals surface area contributed by atoms with Gasteiger partial charge in [0.1, 0.15) is 0 Å². The van der Waals surface area contributed by atoms with Crippen molar-refractivity contribution in [2.75, 3.05) is 22.8 Å². The van der Waals surface area contributed by atoms with Gasteiger partial charge < -0.3 is 10.1 Å². The first kappa shape index (κ1) is 26.5. The van der Waals surface area contributed by atoms with Gasteiger partial charge in [-0.2, -0.15) is 13.5 Å². The van der Waals surface area contributed by atoms with E-state index in [1.165, 1.54) is 15.4 Å². The minimum atomic E-state index is -4.19. The van der Waals surface area contributed by atoms with E-state index in [0.717, 1.165) is 61.0 Å². The van der Waals surface area contributed by atoms with Gasteiger partial charge in [0.05, 0.1) is 23.1 Å². The number of nitrogens with zero attached hydrogens (tertiary/aromatic N) is 3. The summed E-state index contributed by atoms with van der Waals surface area (Å²) >= 11 is 0. The quantitative estimate of drug-likeness (QED) is 0.600. The number of urea groups is 1. The molecule has 2 N–H and O–H groups in total. The molecule has 1 aliphatic heterocycles. The monoisotopic (exact) mass is 511 g/mol. The topological polar surface area (TPSA) is 106 Å². The third-order valence-corrected chi connectivity index (χ3v) is 8.85. The van der Waals surface area contributed by atoms with Crippen LogP contribution in [0.3, 0.4) is 0 Å². The van der Waals surface area contributed by atoms with E-state index >= 15 is 0 Å². The second kappa shape index (κ2) is 10.4. The molecule has 0 radical (unpaired) electrons. The molecule has 3 aliphatic rings. The van der Waals surface area contributed by atoms with Gasteiger partial charge in [-0.05, 0) is 87.5 Å². The van der Waals surface area contributed by atoms with E-state index < -0.39 is 16.2 Å². The molecule has 2 amide bonds. The van der Waals surface area contributed by atoms with E-state index in [1.54, 1.807) is 18.7 Å². The number of hydrogen-bond acceptors (Lipinski definition) is 5. The third kappa shape index (κ3) is 5.00. The molecule has 0 atom stereocenters. The van der Waals surface area contributed by atoms with E-state index in [0.29, 0.717) is 37.4 Å². The number of anilines is 2. The summed E-state index contributed by atoms with van der Waals surface area (Å²) in [5.41, 5.74) is 7.57. The number of carbonyl (C=O) groups excluding carboxylic acids is 1. The molecule has 9 nitrogen and oxygen atoms in total. The number of aryl methyl sites for hydroxylation is 4. The molecule has 1 saturated heterocycles. The van der Waals surface area contributed by atoms with Crippen LogP contribution in [-0.2, 0) is 47.7 Å². The molecule has 35 heavy (non-hydrogen) atoms. The summed E-state index contributed by atoms with van der Waals surface area (Å²) in [6.45, 7) is 4.59. The van der Waals surface area contributed by atoms with Crippen molar-refractivity contribution >= 4 is 57.2 Å². The van der Waals surface area contributed by atoms with Crippen molar-refractivity contribution in [2.45, 2.75) is 71.3 Å². The van der Waals surface area contributed by atoms with Gasteiger partial charge in [0.2, 0.25) is 0 Å². The fraction of sp³-hybridized carbons (Fsp3) is 0.583. The first-order valence-corrected chi connectivity index (χ1v) is 13.6. The van der Waals surface area contributed by atoms with Crippen molar-refractivity contribution in [1.29, 1.82) is 0 Å². The average Bonchev–Trinajstić information content (AvgIpc) is 3.50. The Hall–Kier alpha value is -1.59. The summed E-state index contributed by atoms with van der Waals surface area (Å²) in [6, 6.07) is 1.25. The number of nitrogens with one attached hydrogen (secondary N) is 2. The molecule has 11 heteroatoms. The second-order valence-electron chi connectivity index (χ2n) is 9.58. The fourth-order valence-electron chi connectivity index (χ4n) is 5.77. The van der Waals surface area contributed by atoms with Gasteiger partial charge in [0.25, 0.3) is 0 Å². The number of fused-ring (bicyclic) bond motifs is 2. The summed E-state index contributed by atoms with van der Waals surface area (Å²) in [7, 11) is -2.40. The first-order chi connectivity index (χ1) is 16.3. The zero-order valence-electron chi connectivity index (χ0n) is 20.1. The Bertz CT molecular complexity index is 1210. The van der Waals surface area contributed by atoms with Crippen molar-refractivity contribution in [2.24, 2.45) is 7.05 Å². The van der Waals surface area contributed by atoms with Crippen molar-refractivity contribution in [3.05, 3.63) is 39.7 Å². The van der Waals surface area contributed by atoms with Gasteiger partial charge >= 0.3 is 45.8 Å². The molecule has 0 bridgehead atoms. The Kier molecular flexibility index (Phi) is 7.88. The van der Waals surface area contributed by atoms with Crippen molar-refractivity contribution in [3.63, 3.8) is 0 Å². The molecule has 5 rings (SSSR count). The SMILES string of the molecule is Cc1nn(C)c(C)c1N(C1CCOCC1)S(=O)(=O)NC(=O)Nc1c2c(cc3c1CCC3)CCC2.[NaH]. The summed E-state index contributed by atoms with van der Waals surface area (Å²) in [5, 5.41) is 7.36. The molecule has 0 spiro atoms. The number of aromatic nitrogens is 2. The van der Waals surface area contributed by atoms with Crippen LogP contribution in [0.1, 0.15) is 59.3 Å². The average molecular weight is 512 g/mol. The first-order valence-electron chi connectivity index (χ1n) is 12.1. The van der Waals surface area contributed by atoms with Gasteiger partial charge in [-0.1, -0.05) is 6.07 Å². The zero-order valence-corrected chi connectivity index (χ0v) is 20.9. The van der Waals surface area contributed by atoms with Gasteiger partial charge in [-0.15, -0.1) is 0 Å². The van der Waals surface area contributed by atoms with Crippen LogP contribution in [0.2, 0.25) is 0 Å². The van der Waals surface area contributed by atoms with Crippen LogP contribution in [0.25, 0.3) is 0 Å². The molecule has 2 aromatic rings. The maximum atomic E-state index is 13.7. The van der Waals surface area contributed by atoms with Crippen molar-refractivity contribution in [3.8, 4) is 0 Å². The summed E-state index contributed by atoms with van der Waals surface area (Å²) in [4.78, 5) is 13.1. The van der Waals surface area contributed by atoms with Crippen LogP contribution in [0, 0.1) is 13.8 Å². The van der Waals surface area contributed by atoms with Crippen molar-refractivity contribution in [1.82, 2.24) is 14.5 Å². The van der Waals surface area contributed by atoms with E-state index in [-0.39, 0.29) is 35.6 Å². The summed E-state index contributed by atoms with van der Waals surface area (Å²) < 4.78 is 38.2. The predicted molar refractivity (Wildman–Crippen MR) is 138 cm³/mol. The number of carbonyl (C=O) groups is 1. The summed E-state index contributed by atoms with van der Waals surface area (Å²) in [6.07, 6.45) is 7.06. The van der Waals surface area contributed by atoms with E-state index in [4.69, 9.17) is 4.74 Å². The zero-order chi connectivity index (χ0) is 24.0. The van der Waals surface area contributed by atoms with Crippen LogP contribution in [0.4, 0.5) is 16.2 Å². The molecule has 2 heterocycles. The predicted octanol–water partition coefficient (Wildman–Crippen LogP) is 2.42. The van der Waals surface area contributed by atoms with Crippen LogP contribution in [-0.4, -0.2) is 73.0 Å². The Morgan fingerprint density at radius 2 is 1.69 bits per heavy atom. The standard InChI is InChI=1S/C24H33N5O4S.Na.H/c1-15-23(16(2)28(3)26-15)29(19-10-12-33-13-11-19)34(31,32)27-24(30)25-22-20-8-4-6-17(20)14-18-7-5-9-21(18)22;;/h14,19H,4-13H2,1-3H3,(H2,25,27,30);;. The molecule has 1 aromatic carbocycles. The molecular formula is C24H34N5NaO4S. The normalized spacial score (nSPS) is 17.5. The number of benzene rings is 1. The van der Waals surface area contributed by atoms with Crippen LogP contribution in [0.15, 0.2) is 6.07 Å². The molecule has 1 aromatic heterocycles. The molecule has 2 aliphatic carbocycles. The number of amides is 2. The Morgan fingerprint density at radius 1 is 1.09 bits per heavy atom. The van der Waals surface area contributed by atoms with Gasteiger partial charge in [0, 0.05) is 25.9 Å². The third-order valence-electron chi connectivity index (χ3n) is 7.41. The van der Waals surface area contributed by atoms with E-state index in [1.807, 2.05) is 6.92 Å². The Morgan fingerprint density at radius 3 is 2.23 bits per heavy atom. The molecule has 1 fully saturated rings. The van der Waals surface area contributed by atoms with Gasteiger partial charge in [0.15, 0.2) is 0 Å². The number of rotatable bonds is 5. The number of ether oxygens (including phenoxy) is 1. The molecule has 0 unspecified atom stereocenters. The van der Waals surface area contributed by atoms with E-state index in [2.05, 4.69) is 21.2 Å².